The Morgan fingerprint density at radius 3 is 0.987 bits per heavy atom. The van der Waals surface area contributed by atoms with Gasteiger partial charge in [0.2, 0.25) is 5.78 Å². The van der Waals surface area contributed by atoms with Crippen LogP contribution in [0, 0.1) is 0 Å². The molecule has 6 nitrogen and oxygen atoms in total. The zero-order chi connectivity index (χ0) is 57.4. The molecular formula is C45H24BF24N5O. The Balaban J connectivity index is 0.000000468. The fourth-order valence-electron chi connectivity index (χ4n) is 7.78. The first-order chi connectivity index (χ1) is 34.6. The van der Waals surface area contributed by atoms with Crippen molar-refractivity contribution in [1.29, 1.82) is 0 Å². The van der Waals surface area contributed by atoms with Gasteiger partial charge in [0.1, 0.15) is 12.3 Å². The van der Waals surface area contributed by atoms with Crippen molar-refractivity contribution in [2.45, 2.75) is 56.0 Å². The fourth-order valence-corrected chi connectivity index (χ4v) is 7.78. The molecule has 0 amide bonds. The minimum atomic E-state index is -6.13. The van der Waals surface area contributed by atoms with E-state index in [1.165, 1.54) is 6.20 Å². The monoisotopic (exact) mass is 1120 g/mol. The van der Waals surface area contributed by atoms with E-state index >= 15 is 0 Å². The first-order valence-corrected chi connectivity index (χ1v) is 20.3. The lowest BCUT2D eigenvalue weighted by Gasteiger charge is -2.46. The van der Waals surface area contributed by atoms with Crippen LogP contribution in [-0.2, 0) is 56.0 Å². The van der Waals surface area contributed by atoms with Crippen molar-refractivity contribution in [2.75, 3.05) is 6.54 Å². The molecule has 0 saturated carbocycles. The summed E-state index contributed by atoms with van der Waals surface area (Å²) >= 11 is 0. The van der Waals surface area contributed by atoms with E-state index in [0.717, 1.165) is 5.56 Å². The van der Waals surface area contributed by atoms with E-state index < -0.39 is 195 Å². The zero-order valence-electron chi connectivity index (χ0n) is 36.8. The summed E-state index contributed by atoms with van der Waals surface area (Å²) in [5, 5.41) is 3.29. The summed E-state index contributed by atoms with van der Waals surface area (Å²) in [6.07, 6.45) is -50.0. The van der Waals surface area contributed by atoms with Gasteiger partial charge < -0.3 is 0 Å². The molecule has 31 heteroatoms. The summed E-state index contributed by atoms with van der Waals surface area (Å²) in [5.74, 6) is -0.248. The second kappa shape index (κ2) is 20.9. The number of azide groups is 1. The van der Waals surface area contributed by atoms with Crippen LogP contribution in [0.25, 0.3) is 10.4 Å². The van der Waals surface area contributed by atoms with Gasteiger partial charge in [0.05, 0.1) is 57.2 Å². The number of halogens is 24. The standard InChI is InChI=1S/C32H12BF24.C13H12N5O/c34-25(35,36)13-1-14(26(37,38)39)6-21(5-13)33(22-7-15(27(40,41)42)2-16(8-22)28(43,44)45,23-9-17(29(46,47)48)3-18(10-23)30(49,50)51)24-11-19(31(52,53)54)4-20(12-24)32(55,56)57;14-17-16-9-13(19)12-8-15-6-7-18(12)10-11-4-2-1-3-5-11/h1-12H;1-8H,9-10H2/q-1;+1. The van der Waals surface area contributed by atoms with Crippen molar-refractivity contribution in [2.24, 2.45) is 5.11 Å². The predicted molar refractivity (Wildman–Crippen MR) is 218 cm³/mol. The summed E-state index contributed by atoms with van der Waals surface area (Å²) in [6, 6.07) is 0.977. The molecule has 5 aromatic carbocycles. The highest BCUT2D eigenvalue weighted by atomic mass is 19.4. The average Bonchev–Trinajstić information content (AvgIpc) is 3.29. The number of benzene rings is 5. The molecule has 0 saturated heterocycles. The van der Waals surface area contributed by atoms with Crippen molar-refractivity contribution >= 4 is 33.8 Å². The van der Waals surface area contributed by atoms with E-state index in [1.807, 2.05) is 30.3 Å². The zero-order valence-corrected chi connectivity index (χ0v) is 36.8. The largest absolute Gasteiger partial charge is 0.416 e. The van der Waals surface area contributed by atoms with Gasteiger partial charge in [-0.1, -0.05) is 84.0 Å². The number of carbonyl (C=O) groups is 1. The number of hydrogen-bond acceptors (Lipinski definition) is 3. The quantitative estimate of drug-likeness (QED) is 0.0275. The molecule has 0 aliphatic carbocycles. The van der Waals surface area contributed by atoms with Crippen LogP contribution in [0.1, 0.15) is 60.6 Å². The second-order valence-corrected chi connectivity index (χ2v) is 16.1. The molecule has 0 atom stereocenters. The van der Waals surface area contributed by atoms with Gasteiger partial charge in [-0.2, -0.15) is 132 Å². The number of nitrogens with zero attached hydrogens (tertiary/aromatic N) is 5. The van der Waals surface area contributed by atoms with Crippen LogP contribution in [0.4, 0.5) is 105 Å². The van der Waals surface area contributed by atoms with Crippen molar-refractivity contribution < 1.29 is 115 Å². The van der Waals surface area contributed by atoms with Crippen LogP contribution in [0.3, 0.4) is 0 Å². The van der Waals surface area contributed by atoms with Crippen molar-refractivity contribution in [1.82, 2.24) is 4.98 Å². The number of aromatic nitrogens is 2. The Hall–Kier alpha value is -7.46. The smallest absolute Gasteiger partial charge is 0.287 e. The van der Waals surface area contributed by atoms with Gasteiger partial charge in [0, 0.05) is 10.5 Å². The molecule has 1 heterocycles. The average molecular weight is 1120 g/mol. The van der Waals surface area contributed by atoms with Crippen LogP contribution < -0.4 is 26.4 Å². The normalized spacial score (nSPS) is 13.2. The molecule has 0 N–H and O–H groups in total. The first kappa shape index (κ1) is 59.4. The molecule has 0 fully saturated rings. The maximum atomic E-state index is 14.2. The van der Waals surface area contributed by atoms with Crippen molar-refractivity contribution in [3.8, 4) is 0 Å². The topological polar surface area (TPSA) is 82.6 Å². The summed E-state index contributed by atoms with van der Waals surface area (Å²) < 4.78 is 343. The van der Waals surface area contributed by atoms with Gasteiger partial charge in [-0.3, -0.25) is 9.78 Å². The number of ketones is 1. The van der Waals surface area contributed by atoms with Gasteiger partial charge in [-0.15, -0.1) is 0 Å². The van der Waals surface area contributed by atoms with E-state index in [0.29, 0.717) is 12.2 Å². The molecule has 1 aromatic heterocycles. The van der Waals surface area contributed by atoms with Gasteiger partial charge in [-0.05, 0) is 29.8 Å². The van der Waals surface area contributed by atoms with Gasteiger partial charge >= 0.3 is 49.4 Å². The Kier molecular flexibility index (Phi) is 16.4. The second-order valence-electron chi connectivity index (χ2n) is 16.1. The Morgan fingerprint density at radius 2 is 0.737 bits per heavy atom. The highest BCUT2D eigenvalue weighted by molar-refractivity contribution is 7.20. The summed E-state index contributed by atoms with van der Waals surface area (Å²) in [5.41, 5.74) is -20.4. The third kappa shape index (κ3) is 13.9. The maximum absolute atomic E-state index is 14.2. The lowest BCUT2D eigenvalue weighted by Crippen LogP contribution is -2.75. The van der Waals surface area contributed by atoms with Gasteiger partial charge in [-0.25, -0.2) is 0 Å². The molecule has 6 aromatic rings. The van der Waals surface area contributed by atoms with Crippen LogP contribution in [0.2, 0.25) is 0 Å². The number of rotatable bonds is 9. The van der Waals surface area contributed by atoms with Crippen LogP contribution in [0.5, 0.6) is 0 Å². The van der Waals surface area contributed by atoms with Crippen LogP contribution in [0.15, 0.2) is 127 Å². The third-order valence-electron chi connectivity index (χ3n) is 11.0. The Labute approximate surface area is 408 Å². The van der Waals surface area contributed by atoms with E-state index in [9.17, 15) is 110 Å². The molecule has 0 unspecified atom stereocenters. The molecule has 406 valence electrons. The molecule has 0 radical (unpaired) electrons. The maximum Gasteiger partial charge on any atom is 0.416 e. The molecule has 0 spiro atoms. The number of hydrogen-bond donors (Lipinski definition) is 0. The van der Waals surface area contributed by atoms with E-state index in [4.69, 9.17) is 5.53 Å². The number of Topliss-reactive ketones (excluding diaryl/α,β-unsaturated/α-hetero) is 1. The Bertz CT molecular complexity index is 2690. The third-order valence-corrected chi connectivity index (χ3v) is 11.0. The number of carbonyl (C=O) groups excluding carboxylic acids is 1. The summed E-state index contributed by atoms with van der Waals surface area (Å²) in [4.78, 5) is 18.4. The number of alkyl halides is 24. The Morgan fingerprint density at radius 1 is 0.461 bits per heavy atom. The van der Waals surface area contributed by atoms with E-state index in [-0.39, 0.29) is 12.3 Å². The summed E-state index contributed by atoms with van der Waals surface area (Å²) in [6.45, 7) is 0.373. The molecular weight excluding hydrogens is 1090 g/mol. The highest BCUT2D eigenvalue weighted by Gasteiger charge is 2.47. The minimum absolute atomic E-state index is 0.197. The molecule has 6 rings (SSSR count). The fraction of sp³-hybridized carbons (Fsp3) is 0.222. The van der Waals surface area contributed by atoms with E-state index in [1.54, 1.807) is 17.0 Å². The van der Waals surface area contributed by atoms with Crippen molar-refractivity contribution in [3.63, 3.8) is 0 Å². The predicted octanol–water partition coefficient (Wildman–Crippen LogP) is 13.1. The van der Waals surface area contributed by atoms with Crippen molar-refractivity contribution in [3.05, 3.63) is 188 Å². The van der Waals surface area contributed by atoms with Crippen LogP contribution in [-0.4, -0.2) is 23.5 Å². The highest BCUT2D eigenvalue weighted by Crippen LogP contribution is 2.41. The SMILES string of the molecule is FC(F)(F)c1cc([B-](c2cc(C(F)(F)F)cc(C(F)(F)F)c2)(c2cc(C(F)(F)F)cc(C(F)(F)F)c2)c2cc(C(F)(F)F)cc(C(F)(F)F)c2)cc(C(F)(F)F)c1.[N-]=[N+]=NCC(=O)c1cncc[n+]1Cc1ccccc1. The molecule has 0 aliphatic heterocycles. The van der Waals surface area contributed by atoms with Crippen LogP contribution >= 0.6 is 0 Å². The lowest BCUT2D eigenvalue weighted by molar-refractivity contribution is -0.690. The molecule has 0 bridgehead atoms. The van der Waals surface area contributed by atoms with Gasteiger partial charge in [0.25, 0.3) is 5.69 Å². The lowest BCUT2D eigenvalue weighted by atomic mass is 9.12. The van der Waals surface area contributed by atoms with Gasteiger partial charge in [0.15, 0.2) is 12.7 Å². The molecule has 0 aliphatic rings. The van der Waals surface area contributed by atoms with E-state index in [2.05, 4.69) is 15.0 Å². The first-order valence-electron chi connectivity index (χ1n) is 20.3. The minimum Gasteiger partial charge on any atom is -0.287 e. The molecule has 76 heavy (non-hydrogen) atoms. The summed E-state index contributed by atoms with van der Waals surface area (Å²) in [7, 11) is 0.